The maximum absolute atomic E-state index is 11.3. The zero-order chi connectivity index (χ0) is 15.0. The van der Waals surface area contributed by atoms with Crippen LogP contribution in [0.2, 0.25) is 25.7 Å². The number of aryl methyl sites for hydroxylation is 1. The molecule has 7 nitrogen and oxygen atoms in total. The summed E-state index contributed by atoms with van der Waals surface area (Å²) in [5.41, 5.74) is 0. The molecule has 0 N–H and O–H groups in total. The van der Waals surface area contributed by atoms with Gasteiger partial charge in [0.15, 0.2) is 5.82 Å². The van der Waals surface area contributed by atoms with Gasteiger partial charge < -0.3 is 9.47 Å². The smallest absolute Gasteiger partial charge is 0.306 e. The van der Waals surface area contributed by atoms with Gasteiger partial charge in [0.1, 0.15) is 6.73 Å². The maximum Gasteiger partial charge on any atom is 0.306 e. The van der Waals surface area contributed by atoms with Crippen LogP contribution in [-0.4, -0.2) is 47.5 Å². The standard InChI is InChI=1S/C12H24N4O3Si/c1-5-19-12(17)7-6-11-13-14-15-16(11)10-18-8-9-20(2,3)4/h5-10H2,1-4H3. The summed E-state index contributed by atoms with van der Waals surface area (Å²) in [6.07, 6.45) is 0.742. The van der Waals surface area contributed by atoms with Crippen LogP contribution in [0.1, 0.15) is 19.2 Å². The van der Waals surface area contributed by atoms with Crippen molar-refractivity contribution in [1.29, 1.82) is 0 Å². The molecule has 1 aromatic rings. The number of rotatable bonds is 9. The Kier molecular flexibility index (Phi) is 6.80. The number of hydrogen-bond acceptors (Lipinski definition) is 6. The van der Waals surface area contributed by atoms with Crippen molar-refractivity contribution in [2.24, 2.45) is 0 Å². The topological polar surface area (TPSA) is 79.1 Å². The van der Waals surface area contributed by atoms with Gasteiger partial charge in [0.2, 0.25) is 0 Å². The van der Waals surface area contributed by atoms with Crippen LogP contribution in [0.5, 0.6) is 0 Å². The highest BCUT2D eigenvalue weighted by Gasteiger charge is 2.13. The number of ether oxygens (including phenoxy) is 2. The monoisotopic (exact) mass is 300 g/mol. The van der Waals surface area contributed by atoms with E-state index in [9.17, 15) is 4.79 Å². The molecule has 1 rings (SSSR count). The molecule has 0 aliphatic heterocycles. The Bertz CT molecular complexity index is 417. The third kappa shape index (κ3) is 6.76. The molecule has 0 saturated heterocycles. The maximum atomic E-state index is 11.3. The van der Waals surface area contributed by atoms with Gasteiger partial charge in [-0.2, -0.15) is 0 Å². The minimum atomic E-state index is -1.08. The van der Waals surface area contributed by atoms with Crippen LogP contribution in [0.15, 0.2) is 0 Å². The highest BCUT2D eigenvalue weighted by molar-refractivity contribution is 6.76. The lowest BCUT2D eigenvalue weighted by atomic mass is 10.3. The summed E-state index contributed by atoms with van der Waals surface area (Å²) in [5.74, 6) is 0.410. The highest BCUT2D eigenvalue weighted by Crippen LogP contribution is 2.08. The zero-order valence-electron chi connectivity index (χ0n) is 12.8. The van der Waals surface area contributed by atoms with Crippen molar-refractivity contribution in [3.05, 3.63) is 5.82 Å². The molecule has 8 heteroatoms. The Hall–Kier alpha value is -1.28. The van der Waals surface area contributed by atoms with Crippen molar-refractivity contribution in [3.8, 4) is 0 Å². The quantitative estimate of drug-likeness (QED) is 0.390. The number of aromatic nitrogens is 4. The number of carbonyl (C=O) groups excluding carboxylic acids is 1. The molecule has 20 heavy (non-hydrogen) atoms. The first-order chi connectivity index (χ1) is 9.42. The van der Waals surface area contributed by atoms with Crippen molar-refractivity contribution >= 4 is 14.0 Å². The molecule has 0 aliphatic rings. The van der Waals surface area contributed by atoms with Crippen LogP contribution in [-0.2, 0) is 27.4 Å². The van der Waals surface area contributed by atoms with E-state index in [2.05, 4.69) is 35.2 Å². The zero-order valence-corrected chi connectivity index (χ0v) is 13.8. The normalized spacial score (nSPS) is 11.6. The molecule has 114 valence electrons. The number of esters is 1. The molecule has 0 atom stereocenters. The van der Waals surface area contributed by atoms with E-state index in [-0.39, 0.29) is 12.4 Å². The molecule has 0 spiro atoms. The summed E-state index contributed by atoms with van der Waals surface area (Å²) in [7, 11) is -1.08. The first-order valence-corrected chi connectivity index (χ1v) is 10.6. The first kappa shape index (κ1) is 16.8. The molecular formula is C12H24N4O3Si. The number of tetrazole rings is 1. The second-order valence-corrected chi connectivity index (χ2v) is 11.4. The predicted molar refractivity (Wildman–Crippen MR) is 76.9 cm³/mol. The van der Waals surface area contributed by atoms with Crippen molar-refractivity contribution in [3.63, 3.8) is 0 Å². The Morgan fingerprint density at radius 3 is 2.75 bits per heavy atom. The van der Waals surface area contributed by atoms with Gasteiger partial charge >= 0.3 is 5.97 Å². The lowest BCUT2D eigenvalue weighted by Crippen LogP contribution is -2.22. The van der Waals surface area contributed by atoms with Crippen LogP contribution in [0.3, 0.4) is 0 Å². The van der Waals surface area contributed by atoms with E-state index in [4.69, 9.17) is 9.47 Å². The van der Waals surface area contributed by atoms with Gasteiger partial charge in [-0.05, 0) is 23.4 Å². The van der Waals surface area contributed by atoms with Gasteiger partial charge in [0, 0.05) is 21.1 Å². The predicted octanol–water partition coefficient (Wildman–Crippen LogP) is 1.48. The van der Waals surface area contributed by atoms with Crippen LogP contribution in [0.4, 0.5) is 0 Å². The minimum Gasteiger partial charge on any atom is -0.466 e. The summed E-state index contributed by atoms with van der Waals surface area (Å²) in [6.45, 7) is 10.1. The van der Waals surface area contributed by atoms with Gasteiger partial charge in [0.05, 0.1) is 13.0 Å². The molecule has 0 unspecified atom stereocenters. The van der Waals surface area contributed by atoms with Crippen LogP contribution >= 0.6 is 0 Å². The van der Waals surface area contributed by atoms with Crippen LogP contribution in [0, 0.1) is 0 Å². The van der Waals surface area contributed by atoms with Crippen molar-refractivity contribution in [2.45, 2.75) is 52.2 Å². The fourth-order valence-corrected chi connectivity index (χ4v) is 2.24. The molecule has 0 aromatic carbocycles. The van der Waals surface area contributed by atoms with Gasteiger partial charge in [-0.1, -0.05) is 19.6 Å². The highest BCUT2D eigenvalue weighted by atomic mass is 28.3. The Morgan fingerprint density at radius 2 is 2.10 bits per heavy atom. The van der Waals surface area contributed by atoms with Gasteiger partial charge in [-0.3, -0.25) is 4.79 Å². The third-order valence-electron chi connectivity index (χ3n) is 2.67. The fourth-order valence-electron chi connectivity index (χ4n) is 1.48. The minimum absolute atomic E-state index is 0.235. The molecule has 0 fully saturated rings. The number of carbonyl (C=O) groups is 1. The second kappa shape index (κ2) is 8.10. The van der Waals surface area contributed by atoms with E-state index in [1.165, 1.54) is 0 Å². The van der Waals surface area contributed by atoms with Crippen molar-refractivity contribution < 1.29 is 14.3 Å². The molecular weight excluding hydrogens is 276 g/mol. The lowest BCUT2D eigenvalue weighted by molar-refractivity contribution is -0.143. The molecule has 0 bridgehead atoms. The number of nitrogens with zero attached hydrogens (tertiary/aromatic N) is 4. The van der Waals surface area contributed by atoms with Gasteiger partial charge in [0.25, 0.3) is 0 Å². The van der Waals surface area contributed by atoms with Crippen molar-refractivity contribution in [2.75, 3.05) is 13.2 Å². The fraction of sp³-hybridized carbons (Fsp3) is 0.833. The summed E-state index contributed by atoms with van der Waals surface area (Å²) >= 11 is 0. The van der Waals surface area contributed by atoms with Crippen LogP contribution < -0.4 is 0 Å². The largest absolute Gasteiger partial charge is 0.466 e. The molecule has 0 aliphatic carbocycles. The molecule has 0 amide bonds. The summed E-state index contributed by atoms with van der Waals surface area (Å²) in [6, 6.07) is 1.10. The van der Waals surface area contributed by atoms with Gasteiger partial charge in [-0.15, -0.1) is 5.10 Å². The van der Waals surface area contributed by atoms with E-state index < -0.39 is 8.07 Å². The second-order valence-electron chi connectivity index (χ2n) is 5.75. The first-order valence-electron chi connectivity index (χ1n) is 6.91. The lowest BCUT2D eigenvalue weighted by Gasteiger charge is -2.15. The summed E-state index contributed by atoms with van der Waals surface area (Å²) in [4.78, 5) is 11.3. The van der Waals surface area contributed by atoms with Crippen LogP contribution in [0.25, 0.3) is 0 Å². The van der Waals surface area contributed by atoms with E-state index >= 15 is 0 Å². The Labute approximate surface area is 120 Å². The van der Waals surface area contributed by atoms with E-state index in [0.29, 0.717) is 32.2 Å². The van der Waals surface area contributed by atoms with E-state index in [1.54, 1.807) is 11.6 Å². The molecule has 0 saturated carbocycles. The summed E-state index contributed by atoms with van der Waals surface area (Å²) < 4.78 is 12.0. The SMILES string of the molecule is CCOC(=O)CCc1nnnn1COCC[Si](C)(C)C. The van der Waals surface area contributed by atoms with E-state index in [0.717, 1.165) is 6.04 Å². The average molecular weight is 300 g/mol. The molecule has 1 heterocycles. The van der Waals surface area contributed by atoms with Crippen molar-refractivity contribution in [1.82, 2.24) is 20.2 Å². The van der Waals surface area contributed by atoms with Gasteiger partial charge in [-0.25, -0.2) is 4.68 Å². The third-order valence-corrected chi connectivity index (χ3v) is 4.38. The molecule has 0 radical (unpaired) electrons. The summed E-state index contributed by atoms with van der Waals surface area (Å²) in [5, 5.41) is 11.4. The average Bonchev–Trinajstić information content (AvgIpc) is 2.79. The Balaban J connectivity index is 2.33. The Morgan fingerprint density at radius 1 is 1.35 bits per heavy atom. The number of hydrogen-bond donors (Lipinski definition) is 0. The molecule has 1 aromatic heterocycles. The van der Waals surface area contributed by atoms with E-state index in [1.807, 2.05) is 0 Å².